The summed E-state index contributed by atoms with van der Waals surface area (Å²) in [5.41, 5.74) is 2.51. The zero-order chi connectivity index (χ0) is 22.8. The average Bonchev–Trinajstić information content (AvgIpc) is 3.50. The number of hydrogen-bond donors (Lipinski definition) is 2. The van der Waals surface area contributed by atoms with Crippen LogP contribution in [0.25, 0.3) is 22.4 Å². The largest absolute Gasteiger partial charge is 0.368 e. The summed E-state index contributed by atoms with van der Waals surface area (Å²) in [6.07, 6.45) is 4.91. The van der Waals surface area contributed by atoms with Gasteiger partial charge in [-0.3, -0.25) is 9.89 Å². The van der Waals surface area contributed by atoms with Crippen molar-refractivity contribution in [1.82, 2.24) is 20.3 Å². The van der Waals surface area contributed by atoms with Gasteiger partial charge in [0.1, 0.15) is 5.82 Å². The minimum absolute atomic E-state index is 0.0758. The van der Waals surface area contributed by atoms with Crippen molar-refractivity contribution in [2.75, 3.05) is 23.3 Å². The van der Waals surface area contributed by atoms with Crippen molar-refractivity contribution in [3.8, 4) is 11.5 Å². The van der Waals surface area contributed by atoms with Crippen LogP contribution in [0.15, 0.2) is 47.1 Å². The van der Waals surface area contributed by atoms with E-state index in [-0.39, 0.29) is 17.6 Å². The van der Waals surface area contributed by atoms with Crippen LogP contribution in [-0.4, -0.2) is 39.3 Å². The molecule has 1 amide bonds. The third-order valence-electron chi connectivity index (χ3n) is 6.00. The molecule has 9 heteroatoms. The Labute approximate surface area is 190 Å². The number of hydrogen-bond acceptors (Lipinski definition) is 6. The Hall–Kier alpha value is -3.75. The van der Waals surface area contributed by atoms with Gasteiger partial charge in [0.25, 0.3) is 5.89 Å². The van der Waals surface area contributed by atoms with Crippen LogP contribution < -0.4 is 10.2 Å². The van der Waals surface area contributed by atoms with Gasteiger partial charge >= 0.3 is 0 Å². The molecule has 4 aromatic rings. The lowest BCUT2D eigenvalue weighted by molar-refractivity contribution is -0.120. The van der Waals surface area contributed by atoms with E-state index < -0.39 is 0 Å². The summed E-state index contributed by atoms with van der Waals surface area (Å²) in [5.74, 6) is 0.239. The molecule has 3 heterocycles. The van der Waals surface area contributed by atoms with E-state index in [0.29, 0.717) is 41.7 Å². The Morgan fingerprint density at radius 3 is 3.09 bits per heavy atom. The smallest absolute Gasteiger partial charge is 0.258 e. The first-order chi connectivity index (χ1) is 16.1. The minimum atomic E-state index is -0.369. The van der Waals surface area contributed by atoms with Crippen molar-refractivity contribution in [1.29, 1.82) is 0 Å². The van der Waals surface area contributed by atoms with E-state index in [1.54, 1.807) is 18.3 Å². The summed E-state index contributed by atoms with van der Waals surface area (Å²) in [6, 6.07) is 10.6. The van der Waals surface area contributed by atoms with Crippen LogP contribution in [0.3, 0.4) is 0 Å². The summed E-state index contributed by atoms with van der Waals surface area (Å²) in [5, 5.41) is 14.8. The Kier molecular flexibility index (Phi) is 5.77. The van der Waals surface area contributed by atoms with Gasteiger partial charge in [0, 0.05) is 30.5 Å². The quantitative estimate of drug-likeness (QED) is 0.449. The maximum Gasteiger partial charge on any atom is 0.258 e. The van der Waals surface area contributed by atoms with E-state index in [9.17, 15) is 4.79 Å². The second kappa shape index (κ2) is 9.01. The number of piperidine rings is 1. The highest BCUT2D eigenvalue weighted by Crippen LogP contribution is 2.30. The number of amides is 1. The Balaban J connectivity index is 1.30. The number of para-hydroxylation sites is 1. The second-order valence-corrected chi connectivity index (χ2v) is 8.35. The van der Waals surface area contributed by atoms with Crippen LogP contribution in [0.5, 0.6) is 0 Å². The normalized spacial score (nSPS) is 16.3. The summed E-state index contributed by atoms with van der Waals surface area (Å²) >= 11 is 0. The summed E-state index contributed by atoms with van der Waals surface area (Å²) in [6.45, 7) is 3.17. The van der Waals surface area contributed by atoms with Crippen LogP contribution in [-0.2, 0) is 11.2 Å². The first-order valence-corrected chi connectivity index (χ1v) is 11.2. The Bertz CT molecular complexity index is 1280. The maximum atomic E-state index is 15.0. The Morgan fingerprint density at radius 1 is 1.33 bits per heavy atom. The van der Waals surface area contributed by atoms with Gasteiger partial charge in [0.15, 0.2) is 5.82 Å². The van der Waals surface area contributed by atoms with Gasteiger partial charge in [-0.05, 0) is 43.5 Å². The number of halogens is 1. The third kappa shape index (κ3) is 4.30. The number of carbonyl (C=O) groups is 1. The van der Waals surface area contributed by atoms with Gasteiger partial charge in [-0.1, -0.05) is 24.2 Å². The molecule has 0 radical (unpaired) electrons. The lowest BCUT2D eigenvalue weighted by atomic mass is 9.96. The van der Waals surface area contributed by atoms with Crippen LogP contribution in [0.4, 0.5) is 15.8 Å². The van der Waals surface area contributed by atoms with Crippen LogP contribution >= 0.6 is 0 Å². The SMILES string of the molecule is CCCc1noc(-c2ccc(N3CCCC(C(=O)Nc4cccc5cn[nH]c45)C3)c(F)c2)n1. The molecule has 0 saturated carbocycles. The molecule has 2 N–H and O–H groups in total. The molecule has 2 aromatic heterocycles. The molecule has 33 heavy (non-hydrogen) atoms. The molecular weight excluding hydrogens is 423 g/mol. The zero-order valence-electron chi connectivity index (χ0n) is 18.3. The van der Waals surface area contributed by atoms with Gasteiger partial charge in [-0.2, -0.15) is 10.1 Å². The van der Waals surface area contributed by atoms with E-state index in [4.69, 9.17) is 4.52 Å². The predicted octanol–water partition coefficient (Wildman–Crippen LogP) is 4.56. The molecule has 0 spiro atoms. The van der Waals surface area contributed by atoms with Crippen molar-refractivity contribution in [3.63, 3.8) is 0 Å². The molecule has 8 nitrogen and oxygen atoms in total. The lowest BCUT2D eigenvalue weighted by Gasteiger charge is -2.34. The topological polar surface area (TPSA) is 99.9 Å². The number of rotatable bonds is 6. The number of nitrogens with zero attached hydrogens (tertiary/aromatic N) is 4. The van der Waals surface area contributed by atoms with Gasteiger partial charge in [0.05, 0.1) is 29.0 Å². The highest BCUT2D eigenvalue weighted by atomic mass is 19.1. The molecule has 1 atom stereocenters. The van der Waals surface area contributed by atoms with E-state index in [1.807, 2.05) is 30.0 Å². The van der Waals surface area contributed by atoms with Crippen molar-refractivity contribution < 1.29 is 13.7 Å². The van der Waals surface area contributed by atoms with Crippen LogP contribution in [0, 0.1) is 11.7 Å². The van der Waals surface area contributed by atoms with Crippen molar-refractivity contribution in [3.05, 3.63) is 54.2 Å². The summed E-state index contributed by atoms with van der Waals surface area (Å²) in [4.78, 5) is 19.3. The fraction of sp³-hybridized carbons (Fsp3) is 0.333. The monoisotopic (exact) mass is 448 g/mol. The first kappa shape index (κ1) is 21.1. The molecule has 1 saturated heterocycles. The molecule has 0 bridgehead atoms. The fourth-order valence-electron chi connectivity index (χ4n) is 4.31. The van der Waals surface area contributed by atoms with Crippen LogP contribution in [0.2, 0.25) is 0 Å². The highest BCUT2D eigenvalue weighted by molar-refractivity contribution is 6.01. The Morgan fingerprint density at radius 2 is 2.24 bits per heavy atom. The number of aryl methyl sites for hydroxylation is 1. The number of nitrogens with one attached hydrogen (secondary N) is 2. The summed E-state index contributed by atoms with van der Waals surface area (Å²) < 4.78 is 20.3. The van der Waals surface area contributed by atoms with E-state index in [2.05, 4.69) is 25.7 Å². The van der Waals surface area contributed by atoms with Crippen LogP contribution in [0.1, 0.15) is 32.0 Å². The van der Waals surface area contributed by atoms with E-state index in [1.165, 1.54) is 6.07 Å². The van der Waals surface area contributed by atoms with Crippen molar-refractivity contribution >= 4 is 28.2 Å². The van der Waals surface area contributed by atoms with E-state index in [0.717, 1.165) is 36.6 Å². The number of H-pyrrole nitrogens is 1. The average molecular weight is 449 g/mol. The third-order valence-corrected chi connectivity index (χ3v) is 6.00. The predicted molar refractivity (Wildman–Crippen MR) is 123 cm³/mol. The highest BCUT2D eigenvalue weighted by Gasteiger charge is 2.28. The lowest BCUT2D eigenvalue weighted by Crippen LogP contribution is -2.41. The van der Waals surface area contributed by atoms with E-state index >= 15 is 4.39 Å². The molecule has 0 aliphatic carbocycles. The van der Waals surface area contributed by atoms with Gasteiger partial charge < -0.3 is 14.7 Å². The molecule has 2 aromatic carbocycles. The molecule has 1 aliphatic rings. The number of benzene rings is 2. The number of aromatic nitrogens is 4. The molecule has 1 unspecified atom stereocenters. The molecule has 5 rings (SSSR count). The number of aromatic amines is 1. The fourth-order valence-corrected chi connectivity index (χ4v) is 4.31. The summed E-state index contributed by atoms with van der Waals surface area (Å²) in [7, 11) is 0. The number of carbonyl (C=O) groups excluding carboxylic acids is 1. The van der Waals surface area contributed by atoms with Gasteiger partial charge in [-0.25, -0.2) is 4.39 Å². The second-order valence-electron chi connectivity index (χ2n) is 8.35. The number of anilines is 2. The van der Waals surface area contributed by atoms with Gasteiger partial charge in [-0.15, -0.1) is 0 Å². The zero-order valence-corrected chi connectivity index (χ0v) is 18.3. The number of fused-ring (bicyclic) bond motifs is 1. The standard InChI is InChI=1S/C24H25FN6O2/c1-2-5-21-28-24(33-30-21)15-9-10-20(18(25)12-15)31-11-4-7-17(14-31)23(32)27-19-8-3-6-16-13-26-29-22(16)19/h3,6,8-10,12-13,17H,2,4-5,7,11,14H2,1H3,(H,26,29)(H,27,32). The molecule has 1 aliphatic heterocycles. The first-order valence-electron chi connectivity index (χ1n) is 11.2. The molecule has 170 valence electrons. The maximum absolute atomic E-state index is 15.0. The van der Waals surface area contributed by atoms with Gasteiger partial charge in [0.2, 0.25) is 5.91 Å². The minimum Gasteiger partial charge on any atom is -0.368 e. The van der Waals surface area contributed by atoms with Crippen molar-refractivity contribution in [2.24, 2.45) is 5.92 Å². The molecule has 1 fully saturated rings. The van der Waals surface area contributed by atoms with Crippen molar-refractivity contribution in [2.45, 2.75) is 32.6 Å². The molecular formula is C24H25FN6O2.